The van der Waals surface area contributed by atoms with E-state index >= 15 is 0 Å². The van der Waals surface area contributed by atoms with Crippen LogP contribution in [-0.4, -0.2) is 54.3 Å². The molecule has 0 spiro atoms. The minimum absolute atomic E-state index is 0. The third-order valence-electron chi connectivity index (χ3n) is 3.20. The van der Waals surface area contributed by atoms with Gasteiger partial charge in [-0.2, -0.15) is 57.1 Å². The van der Waals surface area contributed by atoms with E-state index in [1.165, 1.54) is 0 Å². The molecule has 0 aromatic heterocycles. The SMILES string of the molecule is O=S(=O)([O-])C(F)(F)C(F)(F)C(F)(F)C(F)(F)C(F)(F)C(F)CCCC(F)(F)F.[K+]. The number of alkyl halides is 14. The molecule has 29 heavy (non-hydrogen) atoms. The van der Waals surface area contributed by atoms with Gasteiger partial charge in [-0.15, -0.1) is 0 Å². The van der Waals surface area contributed by atoms with Crippen molar-refractivity contribution in [3.63, 3.8) is 0 Å². The van der Waals surface area contributed by atoms with E-state index in [4.69, 9.17) is 0 Å². The van der Waals surface area contributed by atoms with E-state index in [0.717, 1.165) is 0 Å². The second-order valence-electron chi connectivity index (χ2n) is 5.29. The monoisotopic (exact) mass is 512 g/mol. The van der Waals surface area contributed by atoms with Crippen molar-refractivity contribution in [1.29, 1.82) is 0 Å². The van der Waals surface area contributed by atoms with Crippen LogP contribution in [0.3, 0.4) is 0 Å². The first-order chi connectivity index (χ1) is 11.9. The topological polar surface area (TPSA) is 57.2 Å². The number of hydrogen-bond acceptors (Lipinski definition) is 3. The summed E-state index contributed by atoms with van der Waals surface area (Å²) in [5.41, 5.74) is 0. The summed E-state index contributed by atoms with van der Waals surface area (Å²) in [7, 11) is -7.81. The van der Waals surface area contributed by atoms with Crippen molar-refractivity contribution in [2.45, 2.75) is 60.6 Å². The molecule has 0 aliphatic carbocycles. The predicted molar refractivity (Wildman–Crippen MR) is 59.2 cm³/mol. The molecule has 1 unspecified atom stereocenters. The Morgan fingerprint density at radius 3 is 1.41 bits per heavy atom. The molecular formula is C10H7F14KO3S. The van der Waals surface area contributed by atoms with Crippen LogP contribution in [0.5, 0.6) is 0 Å². The number of rotatable bonds is 9. The molecule has 0 aromatic carbocycles. The predicted octanol–water partition coefficient (Wildman–Crippen LogP) is 1.74. The minimum Gasteiger partial charge on any atom is -0.743 e. The molecular weight excluding hydrogens is 505 g/mol. The average molecular weight is 512 g/mol. The molecule has 0 bridgehead atoms. The van der Waals surface area contributed by atoms with E-state index in [0.29, 0.717) is 0 Å². The molecule has 0 radical (unpaired) electrons. The molecule has 0 aliphatic rings. The van der Waals surface area contributed by atoms with Gasteiger partial charge in [0.05, 0.1) is 0 Å². The van der Waals surface area contributed by atoms with E-state index in [1.54, 1.807) is 0 Å². The molecule has 3 nitrogen and oxygen atoms in total. The standard InChI is InChI=1S/C10H8F14O3S.K/c11-4(2-1-3-5(12,13)14)6(15,16)7(17,18)8(19,20)9(21,22)10(23,24)28(25,26)27;/h4H,1-3H2,(H,25,26,27);/q;+1/p-1. The Balaban J connectivity index is 0. The van der Waals surface area contributed by atoms with Crippen molar-refractivity contribution in [2.75, 3.05) is 0 Å². The van der Waals surface area contributed by atoms with Gasteiger partial charge in [0.2, 0.25) is 0 Å². The fourth-order valence-corrected chi connectivity index (χ4v) is 2.05. The zero-order valence-electron chi connectivity index (χ0n) is 13.6. The van der Waals surface area contributed by atoms with Crippen LogP contribution in [-0.2, 0) is 10.1 Å². The van der Waals surface area contributed by atoms with Crippen molar-refractivity contribution < 1.29 is 126 Å². The first-order valence-electron chi connectivity index (χ1n) is 6.43. The van der Waals surface area contributed by atoms with E-state index in [9.17, 15) is 74.4 Å². The van der Waals surface area contributed by atoms with E-state index in [2.05, 4.69) is 0 Å². The molecule has 0 aliphatic heterocycles. The number of halogens is 14. The zero-order chi connectivity index (χ0) is 23.2. The molecule has 0 amide bonds. The Morgan fingerprint density at radius 2 is 1.10 bits per heavy atom. The summed E-state index contributed by atoms with van der Waals surface area (Å²) in [6.45, 7) is 0. The van der Waals surface area contributed by atoms with Crippen LogP contribution in [0.1, 0.15) is 19.3 Å². The maximum atomic E-state index is 13.2. The second-order valence-corrected chi connectivity index (χ2v) is 6.71. The molecule has 0 heterocycles. The molecule has 0 fully saturated rings. The Bertz CT molecular complexity index is 659. The molecule has 0 aromatic rings. The molecule has 19 heteroatoms. The summed E-state index contributed by atoms with van der Waals surface area (Å²) < 4.78 is 209. The Labute approximate surface area is 195 Å². The van der Waals surface area contributed by atoms with Crippen LogP contribution >= 0.6 is 0 Å². The molecule has 0 saturated carbocycles. The molecule has 0 rings (SSSR count). The summed E-state index contributed by atoms with van der Waals surface area (Å²) in [6.07, 6.45) is -15.8. The van der Waals surface area contributed by atoms with Crippen LogP contribution in [0.25, 0.3) is 0 Å². The summed E-state index contributed by atoms with van der Waals surface area (Å²) in [5, 5.41) is -7.54. The fourth-order valence-electron chi connectivity index (χ4n) is 1.61. The van der Waals surface area contributed by atoms with Gasteiger partial charge in [-0.05, 0) is 12.8 Å². The fraction of sp³-hybridized carbons (Fsp3) is 1.00. The third kappa shape index (κ3) is 5.88. The average Bonchev–Trinajstić information content (AvgIpc) is 2.43. The van der Waals surface area contributed by atoms with Crippen molar-refractivity contribution >= 4 is 10.1 Å². The van der Waals surface area contributed by atoms with Gasteiger partial charge >= 0.3 is 86.5 Å². The largest absolute Gasteiger partial charge is 1.00 e. The number of hydrogen-bond donors (Lipinski definition) is 0. The van der Waals surface area contributed by atoms with E-state index in [1.807, 2.05) is 0 Å². The summed E-state index contributed by atoms with van der Waals surface area (Å²) in [5.74, 6) is -30.7. The maximum Gasteiger partial charge on any atom is 1.00 e. The summed E-state index contributed by atoms with van der Waals surface area (Å²) >= 11 is 0. The van der Waals surface area contributed by atoms with Crippen molar-refractivity contribution in [3.8, 4) is 0 Å². The first kappa shape index (κ1) is 31.8. The van der Waals surface area contributed by atoms with Crippen LogP contribution in [0.4, 0.5) is 61.5 Å². The van der Waals surface area contributed by atoms with Gasteiger partial charge < -0.3 is 4.55 Å². The van der Waals surface area contributed by atoms with Gasteiger partial charge in [-0.25, -0.2) is 12.8 Å². The molecule has 1 atom stereocenters. The zero-order valence-corrected chi connectivity index (χ0v) is 17.6. The van der Waals surface area contributed by atoms with Gasteiger partial charge in [0.15, 0.2) is 16.3 Å². The van der Waals surface area contributed by atoms with Gasteiger partial charge in [0, 0.05) is 6.42 Å². The van der Waals surface area contributed by atoms with Gasteiger partial charge in [-0.1, -0.05) is 0 Å². The van der Waals surface area contributed by atoms with Crippen LogP contribution in [0.15, 0.2) is 0 Å². The van der Waals surface area contributed by atoms with Crippen molar-refractivity contribution in [3.05, 3.63) is 0 Å². The second kappa shape index (κ2) is 9.20. The van der Waals surface area contributed by atoms with Crippen LogP contribution < -0.4 is 51.4 Å². The summed E-state index contributed by atoms with van der Waals surface area (Å²) in [4.78, 5) is 0. The van der Waals surface area contributed by atoms with E-state index in [-0.39, 0.29) is 51.4 Å². The van der Waals surface area contributed by atoms with Crippen molar-refractivity contribution in [2.24, 2.45) is 0 Å². The van der Waals surface area contributed by atoms with Gasteiger partial charge in [-0.3, -0.25) is 0 Å². The Morgan fingerprint density at radius 1 is 0.724 bits per heavy atom. The quantitative estimate of drug-likeness (QED) is 0.269. The van der Waals surface area contributed by atoms with Gasteiger partial charge in [0.25, 0.3) is 0 Å². The third-order valence-corrected chi connectivity index (χ3v) is 4.08. The minimum atomic E-state index is -8.03. The normalized spacial score (nSPS) is 16.4. The Kier molecular flexibility index (Phi) is 10.1. The Hall–Kier alpha value is 0.566. The van der Waals surface area contributed by atoms with Crippen LogP contribution in [0, 0.1) is 0 Å². The smallest absolute Gasteiger partial charge is 0.743 e. The first-order valence-corrected chi connectivity index (χ1v) is 7.84. The van der Waals surface area contributed by atoms with Crippen molar-refractivity contribution in [1.82, 2.24) is 0 Å². The maximum absolute atomic E-state index is 13.2. The molecule has 170 valence electrons. The van der Waals surface area contributed by atoms with Crippen LogP contribution in [0.2, 0.25) is 0 Å². The van der Waals surface area contributed by atoms with Gasteiger partial charge in [0.1, 0.15) is 0 Å². The van der Waals surface area contributed by atoms with E-state index < -0.39 is 70.7 Å². The molecule has 0 saturated heterocycles. The molecule has 0 N–H and O–H groups in total. The summed E-state index contributed by atoms with van der Waals surface area (Å²) in [6, 6.07) is 0.